The number of carbonyl (C=O) groups excluding carboxylic acids is 1. The summed E-state index contributed by atoms with van der Waals surface area (Å²) >= 11 is 1.39. The lowest BCUT2D eigenvalue weighted by atomic mass is 9.96. The highest BCUT2D eigenvalue weighted by molar-refractivity contribution is 7.14. The van der Waals surface area contributed by atoms with E-state index in [4.69, 9.17) is 0 Å². The van der Waals surface area contributed by atoms with Gasteiger partial charge in [0.25, 0.3) is 0 Å². The van der Waals surface area contributed by atoms with E-state index in [9.17, 15) is 9.90 Å². The molecule has 1 aromatic heterocycles. The largest absolute Gasteiger partial charge is 0.508 e. The minimum Gasteiger partial charge on any atom is -0.508 e. The topological polar surface area (TPSA) is 86.3 Å². The highest BCUT2D eigenvalue weighted by Crippen LogP contribution is 2.26. The number of anilines is 1. The van der Waals surface area contributed by atoms with Gasteiger partial charge in [0.05, 0.1) is 5.69 Å². The first-order valence-corrected chi connectivity index (χ1v) is 8.66. The van der Waals surface area contributed by atoms with Crippen LogP contribution in [0.5, 0.6) is 5.75 Å². The van der Waals surface area contributed by atoms with Gasteiger partial charge in [0, 0.05) is 17.0 Å². The van der Waals surface area contributed by atoms with E-state index in [1.54, 1.807) is 18.2 Å². The van der Waals surface area contributed by atoms with Crippen LogP contribution in [0.25, 0.3) is 11.3 Å². The van der Waals surface area contributed by atoms with Crippen molar-refractivity contribution in [3.05, 3.63) is 29.6 Å². The zero-order chi connectivity index (χ0) is 16.1. The molecule has 2 amide bonds. The summed E-state index contributed by atoms with van der Waals surface area (Å²) in [5.41, 5.74) is 7.03. The Morgan fingerprint density at radius 3 is 2.87 bits per heavy atom. The number of aromatic nitrogens is 1. The Bertz CT molecular complexity index is 668. The third-order valence-corrected chi connectivity index (χ3v) is 4.63. The molecule has 0 radical (unpaired) electrons. The maximum absolute atomic E-state index is 11.9. The van der Waals surface area contributed by atoms with Gasteiger partial charge in [0.2, 0.25) is 5.13 Å². The van der Waals surface area contributed by atoms with Crippen molar-refractivity contribution >= 4 is 22.5 Å². The van der Waals surface area contributed by atoms with E-state index in [1.807, 2.05) is 11.4 Å². The maximum Gasteiger partial charge on any atom is 0.333 e. The van der Waals surface area contributed by atoms with E-state index in [-0.39, 0.29) is 17.8 Å². The molecule has 6 nitrogen and oxygen atoms in total. The first-order valence-electron chi connectivity index (χ1n) is 7.78. The average Bonchev–Trinajstić information content (AvgIpc) is 3.03. The molecule has 1 fully saturated rings. The molecule has 0 atom stereocenters. The molecule has 122 valence electrons. The van der Waals surface area contributed by atoms with Gasteiger partial charge in [0.1, 0.15) is 5.75 Å². The normalized spacial score (nSPS) is 15.1. The first kappa shape index (κ1) is 15.6. The molecular weight excluding hydrogens is 312 g/mol. The molecule has 4 N–H and O–H groups in total. The molecule has 1 aliphatic rings. The van der Waals surface area contributed by atoms with Crippen LogP contribution in [0.1, 0.15) is 32.1 Å². The van der Waals surface area contributed by atoms with Crippen molar-refractivity contribution in [3.63, 3.8) is 0 Å². The van der Waals surface area contributed by atoms with Gasteiger partial charge < -0.3 is 10.4 Å². The number of hydrogen-bond donors (Lipinski definition) is 4. The lowest BCUT2D eigenvalue weighted by molar-refractivity contribution is 0.234. The van der Waals surface area contributed by atoms with Crippen molar-refractivity contribution in [1.29, 1.82) is 0 Å². The van der Waals surface area contributed by atoms with Gasteiger partial charge in [-0.2, -0.15) is 0 Å². The Labute approximate surface area is 138 Å². The van der Waals surface area contributed by atoms with Crippen LogP contribution in [0.2, 0.25) is 0 Å². The van der Waals surface area contributed by atoms with Gasteiger partial charge in [-0.15, -0.1) is 11.3 Å². The molecule has 3 rings (SSSR count). The molecular formula is C16H20N4O2S. The molecule has 0 unspecified atom stereocenters. The number of nitrogens with zero attached hydrogens (tertiary/aromatic N) is 1. The van der Waals surface area contributed by atoms with E-state index in [2.05, 4.69) is 21.2 Å². The van der Waals surface area contributed by atoms with E-state index < -0.39 is 0 Å². The minimum absolute atomic E-state index is 0.204. The number of benzene rings is 1. The van der Waals surface area contributed by atoms with Gasteiger partial charge in [-0.25, -0.2) is 15.2 Å². The van der Waals surface area contributed by atoms with Crippen LogP contribution in [0.15, 0.2) is 29.6 Å². The second-order valence-corrected chi connectivity index (χ2v) is 6.50. The Kier molecular flexibility index (Phi) is 4.97. The first-order chi connectivity index (χ1) is 11.2. The van der Waals surface area contributed by atoms with Crippen LogP contribution < -0.4 is 16.2 Å². The molecule has 1 aliphatic carbocycles. The summed E-state index contributed by atoms with van der Waals surface area (Å²) in [5.74, 6) is 0.204. The number of urea groups is 1. The Morgan fingerprint density at radius 1 is 1.26 bits per heavy atom. The summed E-state index contributed by atoms with van der Waals surface area (Å²) in [6.07, 6.45) is 5.71. The lowest BCUT2D eigenvalue weighted by Gasteiger charge is -2.22. The molecule has 0 aliphatic heterocycles. The van der Waals surface area contributed by atoms with Crippen LogP contribution in [-0.2, 0) is 0 Å². The number of thiazole rings is 1. The molecule has 23 heavy (non-hydrogen) atoms. The number of hydrogen-bond acceptors (Lipinski definition) is 5. The highest BCUT2D eigenvalue weighted by Gasteiger charge is 2.15. The summed E-state index contributed by atoms with van der Waals surface area (Å²) in [5, 5.41) is 14.9. The van der Waals surface area contributed by atoms with Gasteiger partial charge in [-0.05, 0) is 25.0 Å². The molecule has 2 aromatic rings. The maximum atomic E-state index is 11.9. The zero-order valence-electron chi connectivity index (χ0n) is 12.7. The number of aromatic hydroxyl groups is 1. The van der Waals surface area contributed by atoms with Crippen molar-refractivity contribution < 1.29 is 9.90 Å². The second kappa shape index (κ2) is 7.32. The predicted molar refractivity (Wildman–Crippen MR) is 91.4 cm³/mol. The summed E-state index contributed by atoms with van der Waals surface area (Å²) in [4.78, 5) is 16.3. The molecule has 0 bridgehead atoms. The summed E-state index contributed by atoms with van der Waals surface area (Å²) in [6.45, 7) is 0. The highest BCUT2D eigenvalue weighted by atomic mass is 32.1. The summed E-state index contributed by atoms with van der Waals surface area (Å²) in [7, 11) is 0. The molecule has 0 saturated heterocycles. The predicted octanol–water partition coefficient (Wildman–Crippen LogP) is 3.47. The number of amides is 2. The van der Waals surface area contributed by atoms with Crippen molar-refractivity contribution in [2.24, 2.45) is 0 Å². The van der Waals surface area contributed by atoms with Crippen LogP contribution in [0.4, 0.5) is 9.93 Å². The van der Waals surface area contributed by atoms with Crippen LogP contribution in [0, 0.1) is 0 Å². The van der Waals surface area contributed by atoms with Gasteiger partial charge in [0.15, 0.2) is 0 Å². The number of carbonyl (C=O) groups is 1. The smallest absolute Gasteiger partial charge is 0.333 e. The molecule has 7 heteroatoms. The Balaban J connectivity index is 1.52. The quantitative estimate of drug-likeness (QED) is 0.646. The average molecular weight is 332 g/mol. The van der Waals surface area contributed by atoms with Gasteiger partial charge >= 0.3 is 6.03 Å². The molecule has 0 spiro atoms. The fourth-order valence-electron chi connectivity index (χ4n) is 2.71. The van der Waals surface area contributed by atoms with Gasteiger partial charge in [-0.1, -0.05) is 31.4 Å². The number of phenolic OH excluding ortho intramolecular Hbond substituents is 1. The van der Waals surface area contributed by atoms with Crippen LogP contribution in [-0.4, -0.2) is 22.2 Å². The number of hydrazine groups is 1. The van der Waals surface area contributed by atoms with E-state index in [1.165, 1.54) is 30.6 Å². The number of phenols is 1. The molecule has 1 saturated carbocycles. The van der Waals surface area contributed by atoms with Crippen molar-refractivity contribution in [3.8, 4) is 17.0 Å². The van der Waals surface area contributed by atoms with E-state index in [0.717, 1.165) is 24.1 Å². The van der Waals surface area contributed by atoms with E-state index in [0.29, 0.717) is 5.13 Å². The number of rotatable bonds is 4. The fourth-order valence-corrected chi connectivity index (χ4v) is 3.38. The Morgan fingerprint density at radius 2 is 2.09 bits per heavy atom. The van der Waals surface area contributed by atoms with Crippen LogP contribution >= 0.6 is 11.3 Å². The Hall–Kier alpha value is -2.28. The molecule has 1 heterocycles. The van der Waals surface area contributed by atoms with Crippen molar-refractivity contribution in [2.45, 2.75) is 38.1 Å². The monoisotopic (exact) mass is 332 g/mol. The van der Waals surface area contributed by atoms with Crippen molar-refractivity contribution in [1.82, 2.24) is 15.7 Å². The zero-order valence-corrected chi connectivity index (χ0v) is 13.5. The van der Waals surface area contributed by atoms with E-state index >= 15 is 0 Å². The number of nitrogens with one attached hydrogen (secondary N) is 3. The fraction of sp³-hybridized carbons (Fsp3) is 0.375. The summed E-state index contributed by atoms with van der Waals surface area (Å²) in [6, 6.07) is 6.96. The third kappa shape index (κ3) is 4.35. The second-order valence-electron chi connectivity index (χ2n) is 5.65. The van der Waals surface area contributed by atoms with Gasteiger partial charge in [-0.3, -0.25) is 5.43 Å². The SMILES string of the molecule is O=C(NNc1nc(-c2cccc(O)c2)cs1)NC1CCCCC1. The summed E-state index contributed by atoms with van der Waals surface area (Å²) < 4.78 is 0. The standard InChI is InChI=1S/C16H20N4O2S/c21-13-8-4-5-11(9-13)14-10-23-16(18-14)20-19-15(22)17-12-6-2-1-3-7-12/h4-5,8-10,12,21H,1-3,6-7H2,(H,18,20)(H2,17,19,22). The third-order valence-electron chi connectivity index (χ3n) is 3.87. The lowest BCUT2D eigenvalue weighted by Crippen LogP contribution is -2.44. The van der Waals surface area contributed by atoms with Crippen molar-refractivity contribution in [2.75, 3.05) is 5.43 Å². The molecule has 1 aromatic carbocycles. The van der Waals surface area contributed by atoms with Crippen LogP contribution in [0.3, 0.4) is 0 Å². The minimum atomic E-state index is -0.231.